The molecule has 112 valence electrons. The predicted octanol–water partition coefficient (Wildman–Crippen LogP) is 3.47. The molecule has 1 fully saturated rings. The fraction of sp³-hybridized carbons (Fsp3) is 0.667. The highest BCUT2D eigenvalue weighted by Crippen LogP contribution is 2.13. The van der Waals surface area contributed by atoms with Crippen LogP contribution in [0.1, 0.15) is 45.1 Å². The summed E-state index contributed by atoms with van der Waals surface area (Å²) in [6.45, 7) is 8.38. The molecular weight excluding hydrogens is 244 g/mol. The molecule has 0 aromatic heterocycles. The monoisotopic (exact) mass is 274 g/mol. The fourth-order valence-electron chi connectivity index (χ4n) is 3.12. The van der Waals surface area contributed by atoms with Gasteiger partial charge in [0.1, 0.15) is 0 Å². The van der Waals surface area contributed by atoms with Crippen molar-refractivity contribution in [3.63, 3.8) is 0 Å². The first-order valence-electron chi connectivity index (χ1n) is 8.31. The Morgan fingerprint density at radius 1 is 1.25 bits per heavy atom. The normalized spacial score (nSPS) is 23.0. The summed E-state index contributed by atoms with van der Waals surface area (Å²) in [5.41, 5.74) is 1.47. The van der Waals surface area contributed by atoms with Crippen LogP contribution in [0.2, 0.25) is 0 Å². The van der Waals surface area contributed by atoms with E-state index in [2.05, 4.69) is 54.4 Å². The molecule has 0 radical (unpaired) electrons. The van der Waals surface area contributed by atoms with Crippen molar-refractivity contribution in [2.24, 2.45) is 0 Å². The minimum atomic E-state index is 0.700. The van der Waals surface area contributed by atoms with Gasteiger partial charge in [-0.1, -0.05) is 37.3 Å². The summed E-state index contributed by atoms with van der Waals surface area (Å²) < 4.78 is 0. The van der Waals surface area contributed by atoms with Crippen molar-refractivity contribution in [2.45, 2.75) is 58.0 Å². The molecule has 20 heavy (non-hydrogen) atoms. The third kappa shape index (κ3) is 4.92. The van der Waals surface area contributed by atoms with Gasteiger partial charge in [0.2, 0.25) is 0 Å². The highest BCUT2D eigenvalue weighted by molar-refractivity contribution is 5.14. The second-order valence-corrected chi connectivity index (χ2v) is 6.11. The maximum Gasteiger partial charge on any atom is 0.00766 e. The third-order valence-corrected chi connectivity index (χ3v) is 4.63. The Kier molecular flexibility index (Phi) is 6.55. The molecule has 1 aliphatic rings. The van der Waals surface area contributed by atoms with Crippen molar-refractivity contribution in [3.05, 3.63) is 35.9 Å². The highest BCUT2D eigenvalue weighted by Gasteiger charge is 2.17. The molecule has 0 spiro atoms. The Hall–Kier alpha value is -0.860. The Labute approximate surface area is 124 Å². The van der Waals surface area contributed by atoms with Gasteiger partial charge in [-0.2, -0.15) is 0 Å². The van der Waals surface area contributed by atoms with Gasteiger partial charge in [0.25, 0.3) is 0 Å². The predicted molar refractivity (Wildman–Crippen MR) is 87.1 cm³/mol. The molecule has 0 saturated carbocycles. The topological polar surface area (TPSA) is 15.3 Å². The molecular formula is C18H30N2. The minimum absolute atomic E-state index is 0.700. The fourth-order valence-corrected chi connectivity index (χ4v) is 3.12. The average molecular weight is 274 g/mol. The molecule has 2 heteroatoms. The van der Waals surface area contributed by atoms with Gasteiger partial charge in [-0.15, -0.1) is 0 Å². The molecule has 0 amide bonds. The van der Waals surface area contributed by atoms with Gasteiger partial charge in [0, 0.05) is 12.1 Å². The van der Waals surface area contributed by atoms with Gasteiger partial charge in [-0.05, 0) is 64.2 Å². The molecule has 2 atom stereocenters. The molecule has 2 rings (SSSR count). The van der Waals surface area contributed by atoms with Crippen LogP contribution in [0.25, 0.3) is 0 Å². The van der Waals surface area contributed by atoms with Crippen LogP contribution in [0.5, 0.6) is 0 Å². The number of benzene rings is 1. The van der Waals surface area contributed by atoms with E-state index in [9.17, 15) is 0 Å². The van der Waals surface area contributed by atoms with Crippen LogP contribution < -0.4 is 5.32 Å². The van der Waals surface area contributed by atoms with Crippen LogP contribution >= 0.6 is 0 Å². The smallest absolute Gasteiger partial charge is 0.00766 e. The molecule has 1 aliphatic heterocycles. The lowest BCUT2D eigenvalue weighted by Crippen LogP contribution is -2.43. The molecule has 2 nitrogen and oxygen atoms in total. The second-order valence-electron chi connectivity index (χ2n) is 6.11. The van der Waals surface area contributed by atoms with Crippen molar-refractivity contribution >= 4 is 0 Å². The van der Waals surface area contributed by atoms with Crippen molar-refractivity contribution in [3.8, 4) is 0 Å². The first kappa shape index (κ1) is 15.5. The van der Waals surface area contributed by atoms with Gasteiger partial charge in [0.15, 0.2) is 0 Å². The van der Waals surface area contributed by atoms with E-state index in [1.165, 1.54) is 57.3 Å². The molecule has 1 aromatic rings. The summed E-state index contributed by atoms with van der Waals surface area (Å²) >= 11 is 0. The van der Waals surface area contributed by atoms with Gasteiger partial charge in [0.05, 0.1) is 0 Å². The standard InChI is InChI=1S/C18H30N2/c1-3-18-12-15-20(14-7-13-19-18)16(2)10-11-17-8-5-4-6-9-17/h4-6,8-9,16,18-19H,3,7,10-15H2,1-2H3. The number of hydrogen-bond donors (Lipinski definition) is 1. The minimum Gasteiger partial charge on any atom is -0.314 e. The van der Waals surface area contributed by atoms with Crippen LogP contribution in [0, 0.1) is 0 Å². The Morgan fingerprint density at radius 2 is 2.05 bits per heavy atom. The summed E-state index contributed by atoms with van der Waals surface area (Å²) in [5.74, 6) is 0. The quantitative estimate of drug-likeness (QED) is 0.884. The van der Waals surface area contributed by atoms with Crippen LogP contribution in [0.3, 0.4) is 0 Å². The van der Waals surface area contributed by atoms with Gasteiger partial charge >= 0.3 is 0 Å². The second kappa shape index (κ2) is 8.43. The number of nitrogens with zero attached hydrogens (tertiary/aromatic N) is 1. The maximum atomic E-state index is 3.66. The molecule has 1 heterocycles. The first-order valence-corrected chi connectivity index (χ1v) is 8.31. The number of hydrogen-bond acceptors (Lipinski definition) is 2. The summed E-state index contributed by atoms with van der Waals surface area (Å²) in [7, 11) is 0. The molecule has 0 aliphatic carbocycles. The zero-order valence-electron chi connectivity index (χ0n) is 13.1. The number of aryl methyl sites for hydroxylation is 1. The average Bonchev–Trinajstić information content (AvgIpc) is 2.46. The van der Waals surface area contributed by atoms with Gasteiger partial charge < -0.3 is 10.2 Å². The summed E-state index contributed by atoms with van der Waals surface area (Å²) in [6.07, 6.45) is 6.31. The summed E-state index contributed by atoms with van der Waals surface area (Å²) in [6, 6.07) is 12.3. The molecule has 0 bridgehead atoms. The van der Waals surface area contributed by atoms with Crippen LogP contribution in [-0.4, -0.2) is 36.6 Å². The zero-order valence-corrected chi connectivity index (χ0v) is 13.1. The number of rotatable bonds is 5. The van der Waals surface area contributed by atoms with Gasteiger partial charge in [-0.25, -0.2) is 0 Å². The van der Waals surface area contributed by atoms with Crippen LogP contribution in [0.4, 0.5) is 0 Å². The van der Waals surface area contributed by atoms with E-state index in [0.717, 1.165) is 6.04 Å². The lowest BCUT2D eigenvalue weighted by molar-refractivity contribution is 0.173. The van der Waals surface area contributed by atoms with E-state index >= 15 is 0 Å². The highest BCUT2D eigenvalue weighted by atomic mass is 15.2. The molecule has 1 N–H and O–H groups in total. The van der Waals surface area contributed by atoms with Crippen molar-refractivity contribution < 1.29 is 0 Å². The van der Waals surface area contributed by atoms with E-state index in [-0.39, 0.29) is 0 Å². The third-order valence-electron chi connectivity index (χ3n) is 4.63. The van der Waals surface area contributed by atoms with Crippen LogP contribution in [-0.2, 0) is 6.42 Å². The lowest BCUT2D eigenvalue weighted by atomic mass is 10.0. The largest absolute Gasteiger partial charge is 0.314 e. The van der Waals surface area contributed by atoms with Crippen molar-refractivity contribution in [1.29, 1.82) is 0 Å². The first-order chi connectivity index (χ1) is 9.79. The van der Waals surface area contributed by atoms with E-state index in [4.69, 9.17) is 0 Å². The van der Waals surface area contributed by atoms with Gasteiger partial charge in [-0.3, -0.25) is 0 Å². The Balaban J connectivity index is 1.79. The molecule has 1 aromatic carbocycles. The number of nitrogens with one attached hydrogen (secondary N) is 1. The van der Waals surface area contributed by atoms with Crippen molar-refractivity contribution in [1.82, 2.24) is 10.2 Å². The van der Waals surface area contributed by atoms with Crippen molar-refractivity contribution in [2.75, 3.05) is 19.6 Å². The molecule has 2 unspecified atom stereocenters. The maximum absolute atomic E-state index is 3.66. The summed E-state index contributed by atoms with van der Waals surface area (Å²) in [5, 5.41) is 3.66. The van der Waals surface area contributed by atoms with E-state index in [0.29, 0.717) is 6.04 Å². The Bertz CT molecular complexity index is 363. The molecule has 1 saturated heterocycles. The zero-order chi connectivity index (χ0) is 14.2. The lowest BCUT2D eigenvalue weighted by Gasteiger charge is -2.33. The van der Waals surface area contributed by atoms with E-state index in [1.54, 1.807) is 0 Å². The SMILES string of the molecule is CCC1CCN(C(C)CCc2ccccc2)CCCN1. The summed E-state index contributed by atoms with van der Waals surface area (Å²) in [4.78, 5) is 2.70. The van der Waals surface area contributed by atoms with Crippen LogP contribution in [0.15, 0.2) is 30.3 Å². The Morgan fingerprint density at radius 3 is 2.80 bits per heavy atom. The van der Waals surface area contributed by atoms with E-state index in [1.807, 2.05) is 0 Å². The van der Waals surface area contributed by atoms with E-state index < -0.39 is 0 Å².